The van der Waals surface area contributed by atoms with Gasteiger partial charge in [0.15, 0.2) is 10.2 Å². The Balaban J connectivity index is 2.09. The highest BCUT2D eigenvalue weighted by Crippen LogP contribution is 2.44. The van der Waals surface area contributed by atoms with Crippen molar-refractivity contribution in [3.8, 4) is 0 Å². The average molecular weight is 309 g/mol. The van der Waals surface area contributed by atoms with Gasteiger partial charge in [-0.05, 0) is 49.1 Å². The normalized spacial score (nSPS) is 25.3. The quantitative estimate of drug-likeness (QED) is 0.742. The zero-order chi connectivity index (χ0) is 13.7. The van der Waals surface area contributed by atoms with Gasteiger partial charge in [-0.15, -0.1) is 11.8 Å². The van der Waals surface area contributed by atoms with Gasteiger partial charge in [0.05, 0.1) is 11.7 Å². The predicted octanol–water partition coefficient (Wildman–Crippen LogP) is 2.51. The van der Waals surface area contributed by atoms with Crippen molar-refractivity contribution in [1.82, 2.24) is 4.90 Å². The summed E-state index contributed by atoms with van der Waals surface area (Å²) in [5.41, 5.74) is 8.21. The number of benzene rings is 1. The maximum atomic E-state index is 5.77. The van der Waals surface area contributed by atoms with Crippen molar-refractivity contribution in [2.24, 2.45) is 5.73 Å². The molecule has 2 N–H and O–H groups in total. The lowest BCUT2D eigenvalue weighted by Gasteiger charge is -2.35. The zero-order valence-electron chi connectivity index (χ0n) is 10.8. The van der Waals surface area contributed by atoms with Crippen LogP contribution < -0.4 is 10.6 Å². The lowest BCUT2D eigenvalue weighted by molar-refractivity contribution is 0.584. The lowest BCUT2D eigenvalue weighted by atomic mass is 10.1. The van der Waals surface area contributed by atoms with E-state index >= 15 is 0 Å². The van der Waals surface area contributed by atoms with Crippen molar-refractivity contribution in [2.75, 3.05) is 11.4 Å². The van der Waals surface area contributed by atoms with Gasteiger partial charge in [0.25, 0.3) is 0 Å². The predicted molar refractivity (Wildman–Crippen MR) is 88.9 cm³/mol. The van der Waals surface area contributed by atoms with E-state index in [9.17, 15) is 0 Å². The number of anilines is 1. The van der Waals surface area contributed by atoms with Crippen LogP contribution in [0, 0.1) is 6.92 Å². The summed E-state index contributed by atoms with van der Waals surface area (Å²) in [7, 11) is 0. The smallest absolute Gasteiger partial charge is 0.182 e. The van der Waals surface area contributed by atoms with E-state index in [1.807, 2.05) is 16.7 Å². The molecule has 100 valence electrons. The van der Waals surface area contributed by atoms with Crippen LogP contribution >= 0.6 is 36.2 Å². The molecule has 2 aliphatic rings. The Bertz CT molecular complexity index is 572. The van der Waals surface area contributed by atoms with Crippen LogP contribution in [0.15, 0.2) is 23.1 Å². The molecular weight excluding hydrogens is 294 g/mol. The summed E-state index contributed by atoms with van der Waals surface area (Å²) < 4.78 is 0. The topological polar surface area (TPSA) is 32.5 Å². The fraction of sp³-hybridized carbons (Fsp3) is 0.385. The van der Waals surface area contributed by atoms with Crippen molar-refractivity contribution in [3.63, 3.8) is 0 Å². The van der Waals surface area contributed by atoms with E-state index in [1.165, 1.54) is 16.1 Å². The molecule has 0 aliphatic carbocycles. The third-order valence-electron chi connectivity index (χ3n) is 3.63. The number of thioether (sulfide) groups is 1. The van der Waals surface area contributed by atoms with Gasteiger partial charge in [0.1, 0.15) is 0 Å². The minimum absolute atomic E-state index is 0.341. The molecule has 2 unspecified atom stereocenters. The Morgan fingerprint density at radius 1 is 1.47 bits per heavy atom. The fourth-order valence-corrected chi connectivity index (χ4v) is 4.45. The summed E-state index contributed by atoms with van der Waals surface area (Å²) in [6.45, 7) is 5.12. The van der Waals surface area contributed by atoms with Gasteiger partial charge in [0.2, 0.25) is 0 Å². The molecular formula is C13H15N3S3. The molecule has 6 heteroatoms. The standard InChI is InChI=1S/C13H15N3S3/c1-7-3-4-11-9(5-7)16-10(8(2)19-11)6-15(12(14)17)13(16)18/h3-5,8,10H,6H2,1-2H3,(H2,14,17). The first-order valence-corrected chi connectivity index (χ1v) is 7.86. The Morgan fingerprint density at radius 3 is 2.89 bits per heavy atom. The van der Waals surface area contributed by atoms with E-state index in [2.05, 4.69) is 36.9 Å². The van der Waals surface area contributed by atoms with Crippen LogP contribution in [0.25, 0.3) is 0 Å². The molecule has 2 atom stereocenters. The molecule has 0 saturated carbocycles. The Morgan fingerprint density at radius 2 is 2.21 bits per heavy atom. The molecule has 0 radical (unpaired) electrons. The highest BCUT2D eigenvalue weighted by Gasteiger charge is 2.43. The van der Waals surface area contributed by atoms with Crippen LogP contribution in [0.5, 0.6) is 0 Å². The third kappa shape index (κ3) is 2.02. The number of rotatable bonds is 0. The summed E-state index contributed by atoms with van der Waals surface area (Å²) in [6, 6.07) is 6.85. The molecule has 1 saturated heterocycles. The highest BCUT2D eigenvalue weighted by atomic mass is 32.2. The van der Waals surface area contributed by atoms with Crippen LogP contribution in [-0.2, 0) is 0 Å². The first-order chi connectivity index (χ1) is 8.99. The van der Waals surface area contributed by atoms with E-state index in [0.29, 0.717) is 16.4 Å². The Labute approximate surface area is 128 Å². The highest BCUT2D eigenvalue weighted by molar-refractivity contribution is 8.00. The largest absolute Gasteiger partial charge is 0.376 e. The SMILES string of the molecule is Cc1ccc2c(c1)N1C(=S)N(C(N)=S)CC1C(C)S2. The van der Waals surface area contributed by atoms with E-state index in [4.69, 9.17) is 30.2 Å². The van der Waals surface area contributed by atoms with E-state index in [0.717, 1.165) is 11.7 Å². The number of nitrogens with two attached hydrogens (primary N) is 1. The third-order valence-corrected chi connectivity index (χ3v) is 5.56. The second kappa shape index (κ2) is 4.61. The van der Waals surface area contributed by atoms with Crippen molar-refractivity contribution in [1.29, 1.82) is 0 Å². The number of nitrogens with zero attached hydrogens (tertiary/aromatic N) is 2. The van der Waals surface area contributed by atoms with Crippen LogP contribution in [0.3, 0.4) is 0 Å². The summed E-state index contributed by atoms with van der Waals surface area (Å²) in [6.07, 6.45) is 0. The number of aryl methyl sites for hydroxylation is 1. The second-order valence-electron chi connectivity index (χ2n) is 4.96. The fourth-order valence-electron chi connectivity index (χ4n) is 2.64. The second-order valence-corrected chi connectivity index (χ2v) is 7.17. The van der Waals surface area contributed by atoms with Gasteiger partial charge in [-0.25, -0.2) is 0 Å². The number of hydrogen-bond acceptors (Lipinski definition) is 3. The average Bonchev–Trinajstić information content (AvgIpc) is 2.69. The molecule has 1 aromatic rings. The van der Waals surface area contributed by atoms with E-state index in [-0.39, 0.29) is 0 Å². The van der Waals surface area contributed by atoms with Gasteiger partial charge in [0, 0.05) is 16.7 Å². The molecule has 3 nitrogen and oxygen atoms in total. The van der Waals surface area contributed by atoms with Crippen LogP contribution in [-0.4, -0.2) is 33.0 Å². The first-order valence-electron chi connectivity index (χ1n) is 6.16. The molecule has 1 fully saturated rings. The van der Waals surface area contributed by atoms with Gasteiger partial charge in [-0.2, -0.15) is 0 Å². The number of fused-ring (bicyclic) bond motifs is 3. The molecule has 0 spiro atoms. The number of thiocarbonyl (C=S) groups is 2. The maximum absolute atomic E-state index is 5.77. The van der Waals surface area contributed by atoms with Crippen LogP contribution in [0.4, 0.5) is 5.69 Å². The minimum atomic E-state index is 0.341. The molecule has 19 heavy (non-hydrogen) atoms. The van der Waals surface area contributed by atoms with Gasteiger partial charge < -0.3 is 10.6 Å². The van der Waals surface area contributed by atoms with E-state index in [1.54, 1.807) is 0 Å². The first kappa shape index (κ1) is 13.1. The van der Waals surface area contributed by atoms with Crippen LogP contribution in [0.1, 0.15) is 12.5 Å². The molecule has 0 aromatic heterocycles. The summed E-state index contributed by atoms with van der Waals surface area (Å²) >= 11 is 12.6. The van der Waals surface area contributed by atoms with Gasteiger partial charge in [-0.3, -0.25) is 4.90 Å². The molecule has 3 rings (SSSR count). The van der Waals surface area contributed by atoms with Crippen molar-refractivity contribution < 1.29 is 0 Å². The van der Waals surface area contributed by atoms with Gasteiger partial charge in [-0.1, -0.05) is 13.0 Å². The van der Waals surface area contributed by atoms with Crippen molar-refractivity contribution in [2.45, 2.75) is 30.0 Å². The minimum Gasteiger partial charge on any atom is -0.376 e. The van der Waals surface area contributed by atoms with E-state index < -0.39 is 0 Å². The molecule has 0 bridgehead atoms. The monoisotopic (exact) mass is 309 g/mol. The molecule has 2 aliphatic heterocycles. The molecule has 1 aromatic carbocycles. The molecule has 0 amide bonds. The summed E-state index contributed by atoms with van der Waals surface area (Å²) in [5, 5.41) is 1.56. The lowest BCUT2D eigenvalue weighted by Crippen LogP contribution is -2.43. The Hall–Kier alpha value is -0.850. The summed E-state index contributed by atoms with van der Waals surface area (Å²) in [5.74, 6) is 0. The van der Waals surface area contributed by atoms with Crippen molar-refractivity contribution >= 4 is 52.1 Å². The molecule has 2 heterocycles. The maximum Gasteiger partial charge on any atom is 0.182 e. The van der Waals surface area contributed by atoms with Gasteiger partial charge >= 0.3 is 0 Å². The zero-order valence-corrected chi connectivity index (χ0v) is 13.2. The van der Waals surface area contributed by atoms with Crippen molar-refractivity contribution in [3.05, 3.63) is 23.8 Å². The summed E-state index contributed by atoms with van der Waals surface area (Å²) in [4.78, 5) is 5.36. The van der Waals surface area contributed by atoms with Crippen LogP contribution in [0.2, 0.25) is 0 Å². The Kier molecular flexibility index (Phi) is 3.19. The number of hydrogen-bond donors (Lipinski definition) is 1.